The Morgan fingerprint density at radius 3 is 2.89 bits per heavy atom. The molecule has 1 aromatic carbocycles. The van der Waals surface area contributed by atoms with E-state index in [0.717, 1.165) is 10.0 Å². The summed E-state index contributed by atoms with van der Waals surface area (Å²) in [5.41, 5.74) is 0.744. The molecule has 94 valence electrons. The minimum absolute atomic E-state index is 0.564. The third-order valence-corrected chi connectivity index (χ3v) is 2.56. The van der Waals surface area contributed by atoms with Gasteiger partial charge in [-0.1, -0.05) is 15.9 Å². The van der Waals surface area contributed by atoms with Gasteiger partial charge in [0, 0.05) is 16.1 Å². The molecule has 0 N–H and O–H groups in total. The normalized spacial score (nSPS) is 11.9. The maximum atomic E-state index is 11.4. The summed E-state index contributed by atoms with van der Waals surface area (Å²) >= 11 is 3.34. The lowest BCUT2D eigenvalue weighted by Crippen LogP contribution is -2.10. The van der Waals surface area contributed by atoms with Crippen LogP contribution in [0.4, 0.5) is 0 Å². The highest BCUT2D eigenvalue weighted by atomic mass is 79.9. The Morgan fingerprint density at radius 1 is 1.56 bits per heavy atom. The van der Waals surface area contributed by atoms with E-state index in [1.54, 1.807) is 19.3 Å². The second kappa shape index (κ2) is 6.82. The van der Waals surface area contributed by atoms with E-state index in [2.05, 4.69) is 15.9 Å². The number of hydrogen-bond acceptors (Lipinski definition) is 4. The molecule has 0 aliphatic heterocycles. The molecule has 0 amide bonds. The largest absolute Gasteiger partial charge is 0.496 e. The molecule has 0 radical (unpaired) electrons. The van der Waals surface area contributed by atoms with Crippen molar-refractivity contribution in [3.63, 3.8) is 0 Å². The Morgan fingerprint density at radius 2 is 2.28 bits per heavy atom. The summed E-state index contributed by atoms with van der Waals surface area (Å²) in [6.07, 6.45) is 2.08. The fourth-order valence-electron chi connectivity index (χ4n) is 1.23. The lowest BCUT2D eigenvalue weighted by molar-refractivity contribution is -0.139. The SMILES string of the molecule is COc1ccc(Br)cc1/C=C/C(=O)O[C@@H](C)C#N. The molecule has 0 saturated heterocycles. The zero-order chi connectivity index (χ0) is 13.5. The Balaban J connectivity index is 2.81. The smallest absolute Gasteiger partial charge is 0.332 e. The Kier molecular flexibility index (Phi) is 5.40. The second-order valence-corrected chi connectivity index (χ2v) is 4.34. The Labute approximate surface area is 114 Å². The van der Waals surface area contributed by atoms with Crippen LogP contribution in [0, 0.1) is 11.3 Å². The zero-order valence-corrected chi connectivity index (χ0v) is 11.6. The predicted octanol–water partition coefficient (Wildman–Crippen LogP) is 2.93. The molecule has 0 aliphatic rings. The summed E-state index contributed by atoms with van der Waals surface area (Å²) in [6.45, 7) is 1.51. The van der Waals surface area contributed by atoms with Crippen molar-refractivity contribution in [2.75, 3.05) is 7.11 Å². The number of nitriles is 1. The molecule has 0 spiro atoms. The third kappa shape index (κ3) is 4.22. The molecule has 0 bridgehead atoms. The summed E-state index contributed by atoms with van der Waals surface area (Å²) in [6, 6.07) is 7.26. The predicted molar refractivity (Wildman–Crippen MR) is 70.9 cm³/mol. The maximum absolute atomic E-state index is 11.4. The number of rotatable bonds is 4. The van der Waals surface area contributed by atoms with E-state index in [1.807, 2.05) is 18.2 Å². The van der Waals surface area contributed by atoms with Crippen LogP contribution < -0.4 is 4.74 Å². The number of halogens is 1. The van der Waals surface area contributed by atoms with E-state index in [9.17, 15) is 4.79 Å². The minimum atomic E-state index is -0.758. The van der Waals surface area contributed by atoms with E-state index in [1.165, 1.54) is 13.0 Å². The summed E-state index contributed by atoms with van der Waals surface area (Å²) in [5, 5.41) is 8.51. The number of hydrogen-bond donors (Lipinski definition) is 0. The number of methoxy groups -OCH3 is 1. The number of carbonyl (C=O) groups excluding carboxylic acids is 1. The average molecular weight is 310 g/mol. The van der Waals surface area contributed by atoms with Gasteiger partial charge in [0.15, 0.2) is 6.10 Å². The van der Waals surface area contributed by atoms with Gasteiger partial charge in [0.2, 0.25) is 0 Å². The highest BCUT2D eigenvalue weighted by molar-refractivity contribution is 9.10. The van der Waals surface area contributed by atoms with Crippen LogP contribution in [0.5, 0.6) is 5.75 Å². The molecule has 1 atom stereocenters. The van der Waals surface area contributed by atoms with E-state index < -0.39 is 12.1 Å². The first-order valence-corrected chi connectivity index (χ1v) is 5.98. The molecule has 1 rings (SSSR count). The van der Waals surface area contributed by atoms with Crippen molar-refractivity contribution in [3.05, 3.63) is 34.3 Å². The van der Waals surface area contributed by atoms with E-state index in [0.29, 0.717) is 5.75 Å². The first kappa shape index (κ1) is 14.3. The molecule has 0 aliphatic carbocycles. The van der Waals surface area contributed by atoms with Crippen molar-refractivity contribution < 1.29 is 14.3 Å². The van der Waals surface area contributed by atoms with Gasteiger partial charge in [-0.05, 0) is 31.2 Å². The van der Waals surface area contributed by atoms with Crippen LogP contribution in [0.15, 0.2) is 28.7 Å². The average Bonchev–Trinajstić information content (AvgIpc) is 2.36. The summed E-state index contributed by atoms with van der Waals surface area (Å²) in [7, 11) is 1.55. The molecule has 18 heavy (non-hydrogen) atoms. The molecule has 0 aromatic heterocycles. The Hall–Kier alpha value is -1.80. The monoisotopic (exact) mass is 309 g/mol. The van der Waals surface area contributed by atoms with E-state index >= 15 is 0 Å². The molecular formula is C13H12BrNO3. The second-order valence-electron chi connectivity index (χ2n) is 3.43. The minimum Gasteiger partial charge on any atom is -0.496 e. The fraction of sp³-hybridized carbons (Fsp3) is 0.231. The number of carbonyl (C=O) groups is 1. The number of nitrogens with zero attached hydrogens (tertiary/aromatic N) is 1. The van der Waals surface area contributed by atoms with Gasteiger partial charge in [-0.3, -0.25) is 0 Å². The summed E-state index contributed by atoms with van der Waals surface area (Å²) in [4.78, 5) is 11.4. The van der Waals surface area contributed by atoms with Gasteiger partial charge in [0.05, 0.1) is 7.11 Å². The van der Waals surface area contributed by atoms with E-state index in [4.69, 9.17) is 14.7 Å². The zero-order valence-electron chi connectivity index (χ0n) is 10.0. The van der Waals surface area contributed by atoms with Gasteiger partial charge in [0.1, 0.15) is 11.8 Å². The number of esters is 1. The first-order valence-electron chi connectivity index (χ1n) is 5.18. The van der Waals surface area contributed by atoms with Crippen LogP contribution in [0.1, 0.15) is 12.5 Å². The van der Waals surface area contributed by atoms with Crippen molar-refractivity contribution in [2.24, 2.45) is 0 Å². The standard InChI is InChI=1S/C13H12BrNO3/c1-9(8-15)18-13(16)6-3-10-7-11(14)4-5-12(10)17-2/h3-7,9H,1-2H3/b6-3+/t9-/m0/s1. The van der Waals surface area contributed by atoms with Crippen molar-refractivity contribution in [1.82, 2.24) is 0 Å². The first-order chi connectivity index (χ1) is 8.56. The molecule has 1 aromatic rings. The topological polar surface area (TPSA) is 59.3 Å². The summed E-state index contributed by atoms with van der Waals surface area (Å²) < 4.78 is 10.8. The maximum Gasteiger partial charge on any atom is 0.332 e. The van der Waals surface area contributed by atoms with Crippen molar-refractivity contribution in [3.8, 4) is 11.8 Å². The molecule has 0 saturated carbocycles. The van der Waals surface area contributed by atoms with Crippen LogP contribution in [0.2, 0.25) is 0 Å². The van der Waals surface area contributed by atoms with Crippen molar-refractivity contribution in [1.29, 1.82) is 5.26 Å². The van der Waals surface area contributed by atoms with Gasteiger partial charge >= 0.3 is 5.97 Å². The lowest BCUT2D eigenvalue weighted by Gasteiger charge is -2.05. The molecule has 4 nitrogen and oxygen atoms in total. The van der Waals surface area contributed by atoms with Crippen LogP contribution in [0.3, 0.4) is 0 Å². The highest BCUT2D eigenvalue weighted by Gasteiger charge is 2.05. The van der Waals surface area contributed by atoms with Gasteiger partial charge < -0.3 is 9.47 Å². The van der Waals surface area contributed by atoms with Gasteiger partial charge in [-0.25, -0.2) is 4.79 Å². The quantitative estimate of drug-likeness (QED) is 0.634. The number of ether oxygens (including phenoxy) is 2. The number of benzene rings is 1. The summed E-state index contributed by atoms with van der Waals surface area (Å²) in [5.74, 6) is 0.0849. The third-order valence-electron chi connectivity index (χ3n) is 2.07. The lowest BCUT2D eigenvalue weighted by atomic mass is 10.2. The van der Waals surface area contributed by atoms with Crippen LogP contribution >= 0.6 is 15.9 Å². The molecule has 0 fully saturated rings. The highest BCUT2D eigenvalue weighted by Crippen LogP contribution is 2.24. The van der Waals surface area contributed by atoms with Crippen LogP contribution in [-0.4, -0.2) is 19.2 Å². The van der Waals surface area contributed by atoms with Gasteiger partial charge in [-0.15, -0.1) is 0 Å². The van der Waals surface area contributed by atoms with Gasteiger partial charge in [0.25, 0.3) is 0 Å². The molecule has 0 unspecified atom stereocenters. The van der Waals surface area contributed by atoms with Crippen molar-refractivity contribution in [2.45, 2.75) is 13.0 Å². The molecule has 0 heterocycles. The van der Waals surface area contributed by atoms with Crippen molar-refractivity contribution >= 4 is 28.0 Å². The van der Waals surface area contributed by atoms with E-state index in [-0.39, 0.29) is 0 Å². The van der Waals surface area contributed by atoms with Crippen LogP contribution in [-0.2, 0) is 9.53 Å². The van der Waals surface area contributed by atoms with Gasteiger partial charge in [-0.2, -0.15) is 5.26 Å². The Bertz CT molecular complexity index is 505. The van der Waals surface area contributed by atoms with Crippen LogP contribution in [0.25, 0.3) is 6.08 Å². The molecular weight excluding hydrogens is 298 g/mol. The fourth-order valence-corrected chi connectivity index (χ4v) is 1.61. The molecule has 5 heteroatoms.